The van der Waals surface area contributed by atoms with Crippen molar-refractivity contribution in [2.45, 2.75) is 38.1 Å². The predicted octanol–water partition coefficient (Wildman–Crippen LogP) is -0.313. The van der Waals surface area contributed by atoms with Crippen LogP contribution in [0.4, 0.5) is 0 Å². The molecule has 0 radical (unpaired) electrons. The Hall–Kier alpha value is -0.170. The van der Waals surface area contributed by atoms with Crippen LogP contribution >= 0.6 is 0 Å². The molecule has 0 aromatic carbocycles. The second-order valence-electron chi connectivity index (χ2n) is 4.15. The summed E-state index contributed by atoms with van der Waals surface area (Å²) in [6.07, 6.45) is 3.92. The van der Waals surface area contributed by atoms with Gasteiger partial charge in [0.15, 0.2) is 0 Å². The summed E-state index contributed by atoms with van der Waals surface area (Å²) in [5.74, 6) is 0.250. The van der Waals surface area contributed by atoms with Crippen molar-refractivity contribution in [1.29, 1.82) is 0 Å². The number of nitrogens with two attached hydrogens (primary N) is 2. The first-order valence-electron chi connectivity index (χ1n) is 4.91. The standard InChI is InChI=1S/C8H19N3O2S/c1-7-4-2-3-5-8(7,6-9)11-14(10,12)13/h7,11H,2-6,9H2,1H3,(H2,10,12,13). The van der Waals surface area contributed by atoms with Crippen LogP contribution in [0.25, 0.3) is 0 Å². The van der Waals surface area contributed by atoms with E-state index in [1.54, 1.807) is 0 Å². The number of hydrogen-bond donors (Lipinski definition) is 3. The lowest BCUT2D eigenvalue weighted by molar-refractivity contribution is 0.191. The van der Waals surface area contributed by atoms with Crippen LogP contribution in [0.2, 0.25) is 0 Å². The molecule has 84 valence electrons. The van der Waals surface area contributed by atoms with Gasteiger partial charge >= 0.3 is 0 Å². The van der Waals surface area contributed by atoms with Crippen LogP contribution in [0.3, 0.4) is 0 Å². The highest BCUT2D eigenvalue weighted by Gasteiger charge is 2.39. The van der Waals surface area contributed by atoms with E-state index in [1.165, 1.54) is 0 Å². The SMILES string of the molecule is CC1CCCCC1(CN)NS(N)(=O)=O. The number of rotatable bonds is 3. The van der Waals surface area contributed by atoms with Gasteiger partial charge in [0.2, 0.25) is 0 Å². The van der Waals surface area contributed by atoms with Gasteiger partial charge in [-0.3, -0.25) is 0 Å². The van der Waals surface area contributed by atoms with Crippen molar-refractivity contribution in [1.82, 2.24) is 4.72 Å². The maximum absolute atomic E-state index is 11.0. The maximum Gasteiger partial charge on any atom is 0.274 e. The average Bonchev–Trinajstić information content (AvgIpc) is 2.07. The summed E-state index contributed by atoms with van der Waals surface area (Å²) in [7, 11) is -3.66. The highest BCUT2D eigenvalue weighted by Crippen LogP contribution is 2.33. The van der Waals surface area contributed by atoms with E-state index >= 15 is 0 Å². The summed E-state index contributed by atoms with van der Waals surface area (Å²) in [6, 6.07) is 0. The normalized spacial score (nSPS) is 34.4. The Morgan fingerprint density at radius 3 is 2.57 bits per heavy atom. The van der Waals surface area contributed by atoms with E-state index in [0.717, 1.165) is 25.7 Å². The molecule has 0 aromatic heterocycles. The van der Waals surface area contributed by atoms with Gasteiger partial charge in [0.05, 0.1) is 0 Å². The van der Waals surface area contributed by atoms with Crippen molar-refractivity contribution in [2.24, 2.45) is 16.8 Å². The van der Waals surface area contributed by atoms with Crippen molar-refractivity contribution >= 4 is 10.2 Å². The molecule has 14 heavy (non-hydrogen) atoms. The molecule has 0 bridgehead atoms. The zero-order chi connectivity index (χ0) is 10.8. The zero-order valence-corrected chi connectivity index (χ0v) is 9.31. The van der Waals surface area contributed by atoms with Gasteiger partial charge in [-0.15, -0.1) is 0 Å². The fraction of sp³-hybridized carbons (Fsp3) is 1.00. The molecule has 0 saturated heterocycles. The van der Waals surface area contributed by atoms with Crippen molar-refractivity contribution in [3.05, 3.63) is 0 Å². The summed E-state index contributed by atoms with van der Waals surface area (Å²) in [5.41, 5.74) is 5.13. The van der Waals surface area contributed by atoms with Gasteiger partial charge in [-0.25, -0.2) is 5.14 Å². The minimum Gasteiger partial charge on any atom is -0.329 e. The minimum absolute atomic E-state index is 0.250. The van der Waals surface area contributed by atoms with Gasteiger partial charge in [-0.2, -0.15) is 13.1 Å². The van der Waals surface area contributed by atoms with E-state index < -0.39 is 15.7 Å². The summed E-state index contributed by atoms with van der Waals surface area (Å²) in [5, 5.41) is 4.99. The third-order valence-corrected chi connectivity index (χ3v) is 3.85. The molecule has 0 spiro atoms. The molecule has 2 atom stereocenters. The Morgan fingerprint density at radius 2 is 2.14 bits per heavy atom. The fourth-order valence-corrected chi connectivity index (χ4v) is 3.15. The smallest absolute Gasteiger partial charge is 0.274 e. The minimum atomic E-state index is -3.66. The van der Waals surface area contributed by atoms with Gasteiger partial charge in [-0.05, 0) is 18.8 Å². The van der Waals surface area contributed by atoms with Crippen molar-refractivity contribution in [3.8, 4) is 0 Å². The maximum atomic E-state index is 11.0. The van der Waals surface area contributed by atoms with Crippen LogP contribution in [-0.2, 0) is 10.2 Å². The Bertz CT molecular complexity index is 291. The fourth-order valence-electron chi connectivity index (χ4n) is 2.19. The summed E-state index contributed by atoms with van der Waals surface area (Å²) >= 11 is 0. The predicted molar refractivity (Wildman–Crippen MR) is 55.7 cm³/mol. The van der Waals surface area contributed by atoms with Crippen LogP contribution in [0.1, 0.15) is 32.6 Å². The third-order valence-electron chi connectivity index (χ3n) is 3.16. The Morgan fingerprint density at radius 1 is 1.50 bits per heavy atom. The van der Waals surface area contributed by atoms with E-state index in [0.29, 0.717) is 6.54 Å². The highest BCUT2D eigenvalue weighted by atomic mass is 32.2. The second-order valence-corrected chi connectivity index (χ2v) is 5.45. The Labute approximate surface area is 85.4 Å². The molecule has 0 aliphatic heterocycles. The van der Waals surface area contributed by atoms with Crippen LogP contribution in [0.15, 0.2) is 0 Å². The van der Waals surface area contributed by atoms with Gasteiger partial charge in [0.25, 0.3) is 10.2 Å². The van der Waals surface area contributed by atoms with E-state index in [9.17, 15) is 8.42 Å². The summed E-state index contributed by atoms with van der Waals surface area (Å²) < 4.78 is 24.5. The van der Waals surface area contributed by atoms with Gasteiger partial charge in [0, 0.05) is 12.1 Å². The molecular weight excluding hydrogens is 202 g/mol. The van der Waals surface area contributed by atoms with E-state index in [4.69, 9.17) is 10.9 Å². The quantitative estimate of drug-likeness (QED) is 0.609. The van der Waals surface area contributed by atoms with Crippen LogP contribution in [0.5, 0.6) is 0 Å². The lowest BCUT2D eigenvalue weighted by Gasteiger charge is -2.41. The molecular formula is C8H19N3O2S. The Balaban J connectivity index is 2.83. The van der Waals surface area contributed by atoms with E-state index in [2.05, 4.69) is 4.72 Å². The first-order valence-corrected chi connectivity index (χ1v) is 6.46. The first-order chi connectivity index (χ1) is 6.40. The molecule has 1 rings (SSSR count). The monoisotopic (exact) mass is 221 g/mol. The molecule has 5 nitrogen and oxygen atoms in total. The molecule has 6 heteroatoms. The Kier molecular flexibility index (Phi) is 3.52. The van der Waals surface area contributed by atoms with E-state index in [-0.39, 0.29) is 5.92 Å². The van der Waals surface area contributed by atoms with Crippen LogP contribution < -0.4 is 15.6 Å². The average molecular weight is 221 g/mol. The van der Waals surface area contributed by atoms with Gasteiger partial charge < -0.3 is 5.73 Å². The molecule has 1 fully saturated rings. The molecule has 1 aliphatic rings. The van der Waals surface area contributed by atoms with Crippen molar-refractivity contribution < 1.29 is 8.42 Å². The highest BCUT2D eigenvalue weighted by molar-refractivity contribution is 7.87. The number of hydrogen-bond acceptors (Lipinski definition) is 3. The van der Waals surface area contributed by atoms with Crippen molar-refractivity contribution in [2.75, 3.05) is 6.54 Å². The van der Waals surface area contributed by atoms with Crippen LogP contribution in [0, 0.1) is 5.92 Å². The second kappa shape index (κ2) is 4.14. The number of nitrogens with one attached hydrogen (secondary N) is 1. The van der Waals surface area contributed by atoms with Crippen molar-refractivity contribution in [3.63, 3.8) is 0 Å². The molecule has 0 heterocycles. The largest absolute Gasteiger partial charge is 0.329 e. The first kappa shape index (κ1) is 11.9. The zero-order valence-electron chi connectivity index (χ0n) is 8.49. The lowest BCUT2D eigenvalue weighted by Crippen LogP contribution is -2.60. The molecule has 2 unspecified atom stereocenters. The molecule has 1 aliphatic carbocycles. The van der Waals surface area contributed by atoms with Gasteiger partial charge in [0.1, 0.15) is 0 Å². The van der Waals surface area contributed by atoms with E-state index in [1.807, 2.05) is 6.92 Å². The lowest BCUT2D eigenvalue weighted by atomic mass is 9.74. The topological polar surface area (TPSA) is 98.2 Å². The van der Waals surface area contributed by atoms with Gasteiger partial charge in [-0.1, -0.05) is 19.8 Å². The van der Waals surface area contributed by atoms with Crippen LogP contribution in [-0.4, -0.2) is 20.5 Å². The molecule has 5 N–H and O–H groups in total. The summed E-state index contributed by atoms with van der Waals surface area (Å²) in [4.78, 5) is 0. The molecule has 0 amide bonds. The molecule has 1 saturated carbocycles. The molecule has 0 aromatic rings. The third kappa shape index (κ3) is 2.66. The summed E-state index contributed by atoms with van der Waals surface area (Å²) in [6.45, 7) is 2.33.